The van der Waals surface area contributed by atoms with Gasteiger partial charge in [0.2, 0.25) is 5.91 Å². The van der Waals surface area contributed by atoms with Crippen molar-refractivity contribution in [1.82, 2.24) is 10.2 Å². The fraction of sp³-hybridized carbons (Fsp3) is 0.0667. The zero-order valence-corrected chi connectivity index (χ0v) is 13.6. The summed E-state index contributed by atoms with van der Waals surface area (Å²) in [7, 11) is 0. The Kier molecular flexibility index (Phi) is 4.84. The summed E-state index contributed by atoms with van der Waals surface area (Å²) < 4.78 is 10.5. The van der Waals surface area contributed by atoms with E-state index in [0.717, 1.165) is 11.8 Å². The van der Waals surface area contributed by atoms with Gasteiger partial charge in [0.1, 0.15) is 6.07 Å². The van der Waals surface area contributed by atoms with Gasteiger partial charge in [-0.2, -0.15) is 5.26 Å². The van der Waals surface area contributed by atoms with Crippen LogP contribution in [0.2, 0.25) is 5.02 Å². The van der Waals surface area contributed by atoms with Crippen LogP contribution in [0.4, 0.5) is 5.69 Å². The number of carbonyl (C=O) groups excluding carboxylic acids is 1. The zero-order chi connectivity index (χ0) is 16.9. The number of thioether (sulfide) groups is 1. The van der Waals surface area contributed by atoms with E-state index in [2.05, 4.69) is 15.5 Å². The molecule has 0 aliphatic carbocycles. The standard InChI is InChI=1S/C15H9ClN4O3S/c16-10-4-3-9(7-17)11(6-10)18-13(21)8-24-15-20-19-14(23-15)12-2-1-5-22-12/h1-6H,8H2,(H,18,21). The zero-order valence-electron chi connectivity index (χ0n) is 12.0. The van der Waals surface area contributed by atoms with Crippen molar-refractivity contribution >= 4 is 35.0 Å². The highest BCUT2D eigenvalue weighted by Gasteiger charge is 2.14. The molecule has 0 fully saturated rings. The van der Waals surface area contributed by atoms with Gasteiger partial charge in [-0.1, -0.05) is 23.4 Å². The topological polar surface area (TPSA) is 105 Å². The molecule has 0 bridgehead atoms. The van der Waals surface area contributed by atoms with Gasteiger partial charge < -0.3 is 14.2 Å². The maximum absolute atomic E-state index is 12.0. The average Bonchev–Trinajstić information content (AvgIpc) is 3.24. The molecule has 0 atom stereocenters. The molecule has 3 aromatic rings. The van der Waals surface area contributed by atoms with Gasteiger partial charge in [-0.25, -0.2) is 0 Å². The number of nitriles is 1. The number of amides is 1. The summed E-state index contributed by atoms with van der Waals surface area (Å²) in [6, 6.07) is 10.0. The molecule has 0 unspecified atom stereocenters. The Morgan fingerprint density at radius 2 is 2.25 bits per heavy atom. The minimum atomic E-state index is -0.323. The third-order valence-electron chi connectivity index (χ3n) is 2.84. The maximum Gasteiger partial charge on any atom is 0.284 e. The largest absolute Gasteiger partial charge is 0.459 e. The molecular formula is C15H9ClN4O3S. The Labute approximate surface area is 145 Å². The molecule has 0 aliphatic rings. The van der Waals surface area contributed by atoms with Crippen molar-refractivity contribution in [3.8, 4) is 17.7 Å². The van der Waals surface area contributed by atoms with E-state index in [1.54, 1.807) is 24.3 Å². The normalized spacial score (nSPS) is 10.3. The second-order valence-electron chi connectivity index (χ2n) is 4.49. The minimum absolute atomic E-state index is 0.0389. The first-order valence-corrected chi connectivity index (χ1v) is 8.02. The molecule has 9 heteroatoms. The van der Waals surface area contributed by atoms with E-state index in [4.69, 9.17) is 25.7 Å². The summed E-state index contributed by atoms with van der Waals surface area (Å²) in [6.07, 6.45) is 1.50. The van der Waals surface area contributed by atoms with Gasteiger partial charge in [-0.05, 0) is 30.3 Å². The van der Waals surface area contributed by atoms with Crippen LogP contribution in [0.15, 0.2) is 50.7 Å². The first-order valence-electron chi connectivity index (χ1n) is 6.65. The van der Waals surface area contributed by atoms with E-state index in [-0.39, 0.29) is 22.8 Å². The second kappa shape index (κ2) is 7.21. The lowest BCUT2D eigenvalue weighted by Crippen LogP contribution is -2.15. The summed E-state index contributed by atoms with van der Waals surface area (Å²) in [4.78, 5) is 12.0. The molecule has 1 amide bonds. The van der Waals surface area contributed by atoms with Crippen LogP contribution in [0.1, 0.15) is 5.56 Å². The molecule has 0 radical (unpaired) electrons. The Morgan fingerprint density at radius 1 is 1.38 bits per heavy atom. The van der Waals surface area contributed by atoms with Crippen LogP contribution >= 0.6 is 23.4 Å². The molecule has 0 saturated heterocycles. The number of furan rings is 1. The van der Waals surface area contributed by atoms with Crippen LogP contribution in [0.25, 0.3) is 11.7 Å². The van der Waals surface area contributed by atoms with Crippen LogP contribution in [0.3, 0.4) is 0 Å². The highest BCUT2D eigenvalue weighted by Crippen LogP contribution is 2.24. The van der Waals surface area contributed by atoms with Crippen LogP contribution in [0.5, 0.6) is 0 Å². The Bertz CT molecular complexity index is 902. The van der Waals surface area contributed by atoms with Gasteiger partial charge in [-0.15, -0.1) is 10.2 Å². The van der Waals surface area contributed by atoms with Crippen LogP contribution in [0, 0.1) is 11.3 Å². The van der Waals surface area contributed by atoms with Crippen LogP contribution in [-0.2, 0) is 4.79 Å². The van der Waals surface area contributed by atoms with Crippen LogP contribution in [-0.4, -0.2) is 21.9 Å². The van der Waals surface area contributed by atoms with Gasteiger partial charge in [0.15, 0.2) is 5.76 Å². The molecule has 24 heavy (non-hydrogen) atoms. The van der Waals surface area contributed by atoms with E-state index in [9.17, 15) is 4.79 Å². The van der Waals surface area contributed by atoms with Crippen molar-refractivity contribution < 1.29 is 13.6 Å². The Balaban J connectivity index is 1.60. The second-order valence-corrected chi connectivity index (χ2v) is 5.85. The van der Waals surface area contributed by atoms with Crippen molar-refractivity contribution in [2.45, 2.75) is 5.22 Å². The molecule has 2 aromatic heterocycles. The minimum Gasteiger partial charge on any atom is -0.459 e. The summed E-state index contributed by atoms with van der Waals surface area (Å²) in [5, 5.41) is 20.0. The monoisotopic (exact) mass is 360 g/mol. The lowest BCUT2D eigenvalue weighted by molar-refractivity contribution is -0.113. The number of benzene rings is 1. The van der Waals surface area contributed by atoms with Gasteiger partial charge in [0.05, 0.1) is 23.3 Å². The number of rotatable bonds is 5. The molecule has 0 spiro atoms. The highest BCUT2D eigenvalue weighted by atomic mass is 35.5. The summed E-state index contributed by atoms with van der Waals surface area (Å²) >= 11 is 6.95. The number of halogens is 1. The van der Waals surface area contributed by atoms with Crippen molar-refractivity contribution in [2.75, 3.05) is 11.1 Å². The first kappa shape index (κ1) is 16.1. The third-order valence-corrected chi connectivity index (χ3v) is 3.89. The smallest absolute Gasteiger partial charge is 0.284 e. The predicted molar refractivity (Wildman–Crippen MR) is 87.5 cm³/mol. The van der Waals surface area contributed by atoms with E-state index in [1.165, 1.54) is 12.3 Å². The molecule has 3 rings (SSSR count). The number of aromatic nitrogens is 2. The predicted octanol–water partition coefficient (Wildman–Crippen LogP) is 3.59. The van der Waals surface area contributed by atoms with Crippen molar-refractivity contribution in [2.24, 2.45) is 0 Å². The number of nitrogens with zero attached hydrogens (tertiary/aromatic N) is 3. The lowest BCUT2D eigenvalue weighted by atomic mass is 10.2. The van der Waals surface area contributed by atoms with Crippen molar-refractivity contribution in [3.05, 3.63) is 47.2 Å². The Hall–Kier alpha value is -2.76. The quantitative estimate of drug-likeness (QED) is 0.693. The van der Waals surface area contributed by atoms with Gasteiger partial charge in [0.25, 0.3) is 11.1 Å². The lowest BCUT2D eigenvalue weighted by Gasteiger charge is -2.06. The number of carbonyl (C=O) groups is 1. The summed E-state index contributed by atoms with van der Waals surface area (Å²) in [5.41, 5.74) is 0.688. The summed E-state index contributed by atoms with van der Waals surface area (Å²) in [5.74, 6) is 0.411. The number of anilines is 1. The number of hydrogen-bond acceptors (Lipinski definition) is 7. The van der Waals surface area contributed by atoms with E-state index < -0.39 is 0 Å². The fourth-order valence-electron chi connectivity index (χ4n) is 1.80. The van der Waals surface area contributed by atoms with E-state index in [1.807, 2.05) is 6.07 Å². The average molecular weight is 361 g/mol. The molecule has 1 aromatic carbocycles. The molecule has 7 nitrogen and oxygen atoms in total. The molecule has 0 saturated carbocycles. The third kappa shape index (κ3) is 3.76. The van der Waals surface area contributed by atoms with E-state index in [0.29, 0.717) is 22.0 Å². The molecule has 1 N–H and O–H groups in total. The molecule has 0 aliphatic heterocycles. The van der Waals surface area contributed by atoms with Gasteiger partial charge >= 0.3 is 0 Å². The number of nitrogens with one attached hydrogen (secondary N) is 1. The van der Waals surface area contributed by atoms with E-state index >= 15 is 0 Å². The molecule has 120 valence electrons. The SMILES string of the molecule is N#Cc1ccc(Cl)cc1NC(=O)CSc1nnc(-c2ccco2)o1. The van der Waals surface area contributed by atoms with Gasteiger partial charge in [0, 0.05) is 5.02 Å². The highest BCUT2D eigenvalue weighted by molar-refractivity contribution is 7.99. The molecule has 2 heterocycles. The van der Waals surface area contributed by atoms with Crippen LogP contribution < -0.4 is 5.32 Å². The summed E-state index contributed by atoms with van der Waals surface area (Å²) in [6.45, 7) is 0. The maximum atomic E-state index is 12.0. The first-order chi connectivity index (χ1) is 11.7. The van der Waals surface area contributed by atoms with Gasteiger partial charge in [-0.3, -0.25) is 4.79 Å². The fourth-order valence-corrected chi connectivity index (χ4v) is 2.53. The van der Waals surface area contributed by atoms with Crippen molar-refractivity contribution in [1.29, 1.82) is 5.26 Å². The Morgan fingerprint density at radius 3 is 3.00 bits per heavy atom. The molecular weight excluding hydrogens is 352 g/mol. The number of hydrogen-bond donors (Lipinski definition) is 1. The van der Waals surface area contributed by atoms with Crippen molar-refractivity contribution in [3.63, 3.8) is 0 Å².